The third-order valence-electron chi connectivity index (χ3n) is 4.69. The molecule has 1 fully saturated rings. The smallest absolute Gasteiger partial charge is 0.359 e. The van der Waals surface area contributed by atoms with Crippen LogP contribution < -0.4 is 10.6 Å². The standard InChI is InChI=1S/C19H27F3N4O/c1-3-24-18(26-10-8-14(9-11-26)12-17(27)23-2)25-13-15-4-6-16(7-5-15)19(20,21)22/h4-7,14H,3,8-13H2,1-2H3,(H,23,27)(H,24,25). The van der Waals surface area contributed by atoms with Gasteiger partial charge in [-0.1, -0.05) is 12.1 Å². The second-order valence-electron chi connectivity index (χ2n) is 6.67. The van der Waals surface area contributed by atoms with Crippen molar-refractivity contribution in [2.24, 2.45) is 10.9 Å². The van der Waals surface area contributed by atoms with Crippen molar-refractivity contribution in [2.75, 3.05) is 26.7 Å². The summed E-state index contributed by atoms with van der Waals surface area (Å²) in [6, 6.07) is 5.10. The van der Waals surface area contributed by atoms with Gasteiger partial charge in [0.1, 0.15) is 0 Å². The third-order valence-corrected chi connectivity index (χ3v) is 4.69. The van der Waals surface area contributed by atoms with Crippen LogP contribution in [-0.4, -0.2) is 43.4 Å². The highest BCUT2D eigenvalue weighted by Crippen LogP contribution is 2.29. The minimum Gasteiger partial charge on any atom is -0.359 e. The number of nitrogens with one attached hydrogen (secondary N) is 2. The zero-order valence-corrected chi connectivity index (χ0v) is 15.8. The Morgan fingerprint density at radius 1 is 1.22 bits per heavy atom. The highest BCUT2D eigenvalue weighted by atomic mass is 19.4. The quantitative estimate of drug-likeness (QED) is 0.606. The van der Waals surface area contributed by atoms with Crippen molar-refractivity contribution in [3.63, 3.8) is 0 Å². The molecule has 150 valence electrons. The Kier molecular flexibility index (Phi) is 7.50. The fraction of sp³-hybridized carbons (Fsp3) is 0.579. The van der Waals surface area contributed by atoms with E-state index < -0.39 is 11.7 Å². The number of hydrogen-bond donors (Lipinski definition) is 2. The first-order valence-electron chi connectivity index (χ1n) is 9.23. The van der Waals surface area contributed by atoms with Crippen LogP contribution in [-0.2, 0) is 17.5 Å². The first kappa shape index (κ1) is 21.1. The topological polar surface area (TPSA) is 56.7 Å². The molecule has 0 bridgehead atoms. The van der Waals surface area contributed by atoms with Crippen LogP contribution in [0.1, 0.15) is 37.3 Å². The molecule has 1 saturated heterocycles. The Bertz CT molecular complexity index is 635. The van der Waals surface area contributed by atoms with Crippen LogP contribution in [0.5, 0.6) is 0 Å². The average molecular weight is 384 g/mol. The van der Waals surface area contributed by atoms with Gasteiger partial charge in [0, 0.05) is 33.1 Å². The number of piperidine rings is 1. The van der Waals surface area contributed by atoms with E-state index in [1.165, 1.54) is 12.1 Å². The maximum Gasteiger partial charge on any atom is 0.416 e. The summed E-state index contributed by atoms with van der Waals surface area (Å²) in [5, 5.41) is 5.90. The number of aliphatic imine (C=N–C) groups is 1. The maximum absolute atomic E-state index is 12.6. The van der Waals surface area contributed by atoms with Gasteiger partial charge >= 0.3 is 6.18 Å². The minimum atomic E-state index is -4.32. The Morgan fingerprint density at radius 3 is 2.37 bits per heavy atom. The van der Waals surface area contributed by atoms with Crippen molar-refractivity contribution in [3.05, 3.63) is 35.4 Å². The molecule has 0 radical (unpaired) electrons. The van der Waals surface area contributed by atoms with Crippen molar-refractivity contribution in [3.8, 4) is 0 Å². The van der Waals surface area contributed by atoms with Gasteiger partial charge in [-0.3, -0.25) is 4.79 Å². The van der Waals surface area contributed by atoms with Gasteiger partial charge in [0.15, 0.2) is 5.96 Å². The molecule has 8 heteroatoms. The molecule has 1 aliphatic heterocycles. The summed E-state index contributed by atoms with van der Waals surface area (Å²) >= 11 is 0. The third kappa shape index (κ3) is 6.45. The molecule has 0 spiro atoms. The van der Waals surface area contributed by atoms with E-state index in [0.717, 1.165) is 49.6 Å². The highest BCUT2D eigenvalue weighted by molar-refractivity contribution is 5.80. The van der Waals surface area contributed by atoms with E-state index in [2.05, 4.69) is 20.5 Å². The van der Waals surface area contributed by atoms with Crippen LogP contribution in [0.2, 0.25) is 0 Å². The molecule has 27 heavy (non-hydrogen) atoms. The summed E-state index contributed by atoms with van der Waals surface area (Å²) in [4.78, 5) is 18.2. The van der Waals surface area contributed by atoms with E-state index in [-0.39, 0.29) is 5.91 Å². The van der Waals surface area contributed by atoms with E-state index in [4.69, 9.17) is 0 Å². The van der Waals surface area contributed by atoms with Gasteiger partial charge in [0.2, 0.25) is 5.91 Å². The van der Waals surface area contributed by atoms with Crippen LogP contribution in [0.25, 0.3) is 0 Å². The summed E-state index contributed by atoms with van der Waals surface area (Å²) in [7, 11) is 1.65. The Labute approximate surface area is 158 Å². The Morgan fingerprint density at radius 2 is 1.85 bits per heavy atom. The fourth-order valence-corrected chi connectivity index (χ4v) is 3.10. The molecule has 2 rings (SSSR count). The SMILES string of the molecule is CCNC(=NCc1ccc(C(F)(F)F)cc1)N1CCC(CC(=O)NC)CC1. The Balaban J connectivity index is 1.95. The molecule has 1 aliphatic rings. The lowest BCUT2D eigenvalue weighted by molar-refractivity contribution is -0.137. The lowest BCUT2D eigenvalue weighted by atomic mass is 9.93. The van der Waals surface area contributed by atoms with Crippen LogP contribution >= 0.6 is 0 Å². The number of guanidine groups is 1. The first-order valence-corrected chi connectivity index (χ1v) is 9.23. The molecular formula is C19H27F3N4O. The number of carbonyl (C=O) groups excluding carboxylic acids is 1. The van der Waals surface area contributed by atoms with Crippen molar-refractivity contribution in [1.29, 1.82) is 0 Å². The van der Waals surface area contributed by atoms with Gasteiger partial charge in [-0.25, -0.2) is 4.99 Å². The van der Waals surface area contributed by atoms with Gasteiger partial charge in [0.25, 0.3) is 0 Å². The first-order chi connectivity index (χ1) is 12.8. The van der Waals surface area contributed by atoms with E-state index in [1.807, 2.05) is 6.92 Å². The molecule has 2 N–H and O–H groups in total. The van der Waals surface area contributed by atoms with E-state index in [9.17, 15) is 18.0 Å². The number of nitrogens with zero attached hydrogens (tertiary/aromatic N) is 2. The lowest BCUT2D eigenvalue weighted by Gasteiger charge is -2.34. The predicted molar refractivity (Wildman–Crippen MR) is 99.2 cm³/mol. The molecule has 0 aromatic heterocycles. The summed E-state index contributed by atoms with van der Waals surface area (Å²) in [5.74, 6) is 1.20. The Hall–Kier alpha value is -2.25. The number of carbonyl (C=O) groups is 1. The molecule has 1 aromatic carbocycles. The molecule has 0 atom stereocenters. The number of alkyl halides is 3. The van der Waals surface area contributed by atoms with Crippen molar-refractivity contribution >= 4 is 11.9 Å². The number of rotatable bonds is 5. The predicted octanol–water partition coefficient (Wildman–Crippen LogP) is 3.02. The van der Waals surface area contributed by atoms with Crippen molar-refractivity contribution < 1.29 is 18.0 Å². The second-order valence-corrected chi connectivity index (χ2v) is 6.67. The highest BCUT2D eigenvalue weighted by Gasteiger charge is 2.30. The van der Waals surface area contributed by atoms with E-state index >= 15 is 0 Å². The number of amides is 1. The van der Waals surface area contributed by atoms with Gasteiger partial charge in [-0.05, 0) is 43.4 Å². The van der Waals surface area contributed by atoms with E-state index in [1.54, 1.807) is 7.05 Å². The summed E-state index contributed by atoms with van der Waals surface area (Å²) < 4.78 is 37.9. The van der Waals surface area contributed by atoms with Crippen molar-refractivity contribution in [1.82, 2.24) is 15.5 Å². The summed E-state index contributed by atoms with van der Waals surface area (Å²) in [6.07, 6.45) is -1.95. The van der Waals surface area contributed by atoms with Gasteiger partial charge in [0.05, 0.1) is 12.1 Å². The zero-order valence-electron chi connectivity index (χ0n) is 15.8. The molecule has 1 amide bonds. The van der Waals surface area contributed by atoms with E-state index in [0.29, 0.717) is 25.4 Å². The fourth-order valence-electron chi connectivity index (χ4n) is 3.10. The number of halogens is 3. The molecule has 1 aromatic rings. The second kappa shape index (κ2) is 9.62. The van der Waals surface area contributed by atoms with Gasteiger partial charge < -0.3 is 15.5 Å². The molecule has 1 heterocycles. The minimum absolute atomic E-state index is 0.0660. The number of likely N-dealkylation sites (tertiary alicyclic amines) is 1. The number of hydrogen-bond acceptors (Lipinski definition) is 2. The van der Waals surface area contributed by atoms with Gasteiger partial charge in [-0.15, -0.1) is 0 Å². The maximum atomic E-state index is 12.6. The average Bonchev–Trinajstić information content (AvgIpc) is 2.65. The zero-order chi connectivity index (χ0) is 19.9. The van der Waals surface area contributed by atoms with Crippen molar-refractivity contribution in [2.45, 2.75) is 38.9 Å². The van der Waals surface area contributed by atoms with Crippen LogP contribution in [0, 0.1) is 5.92 Å². The summed E-state index contributed by atoms with van der Waals surface area (Å²) in [6.45, 7) is 4.62. The molecular weight excluding hydrogens is 357 g/mol. The molecule has 0 unspecified atom stereocenters. The molecule has 0 aliphatic carbocycles. The number of benzene rings is 1. The normalized spacial score (nSPS) is 16.3. The molecule has 5 nitrogen and oxygen atoms in total. The van der Waals surface area contributed by atoms with Gasteiger partial charge in [-0.2, -0.15) is 13.2 Å². The monoisotopic (exact) mass is 384 g/mol. The summed E-state index contributed by atoms with van der Waals surface area (Å²) in [5.41, 5.74) is 0.0771. The van der Waals surface area contributed by atoms with Crippen LogP contribution in [0.4, 0.5) is 13.2 Å². The lowest BCUT2D eigenvalue weighted by Crippen LogP contribution is -2.46. The molecule has 0 saturated carbocycles. The largest absolute Gasteiger partial charge is 0.416 e. The van der Waals surface area contributed by atoms with Crippen LogP contribution in [0.15, 0.2) is 29.3 Å². The van der Waals surface area contributed by atoms with Crippen LogP contribution in [0.3, 0.4) is 0 Å².